The molecule has 0 amide bonds. The molecule has 1 atom stereocenters. The first-order valence-electron chi connectivity index (χ1n) is 5.51. The maximum absolute atomic E-state index is 5.96. The van der Waals surface area contributed by atoms with Gasteiger partial charge in [0.25, 0.3) is 0 Å². The SMILES string of the molecule is CCC(C)CN(CC)c1ncnc(Cl)c1Br. The smallest absolute Gasteiger partial charge is 0.148 e. The molecular weight excluding hydrogens is 289 g/mol. The van der Waals surface area contributed by atoms with Crippen molar-refractivity contribution in [2.45, 2.75) is 27.2 Å². The fourth-order valence-corrected chi connectivity index (χ4v) is 2.01. The van der Waals surface area contributed by atoms with E-state index in [1.54, 1.807) is 0 Å². The van der Waals surface area contributed by atoms with E-state index in [-0.39, 0.29) is 0 Å². The third-order valence-electron chi connectivity index (χ3n) is 2.64. The second-order valence-corrected chi connectivity index (χ2v) is 5.01. The largest absolute Gasteiger partial charge is 0.356 e. The molecule has 1 aromatic rings. The van der Waals surface area contributed by atoms with Crippen molar-refractivity contribution >= 4 is 33.3 Å². The van der Waals surface area contributed by atoms with Gasteiger partial charge in [0.2, 0.25) is 0 Å². The van der Waals surface area contributed by atoms with Crippen LogP contribution in [-0.2, 0) is 0 Å². The molecule has 0 aliphatic rings. The van der Waals surface area contributed by atoms with Gasteiger partial charge in [0.1, 0.15) is 17.3 Å². The zero-order valence-electron chi connectivity index (χ0n) is 9.87. The number of hydrogen-bond donors (Lipinski definition) is 0. The van der Waals surface area contributed by atoms with Crippen LogP contribution in [0.4, 0.5) is 5.82 Å². The summed E-state index contributed by atoms with van der Waals surface area (Å²) in [5, 5.41) is 0.465. The molecule has 90 valence electrons. The summed E-state index contributed by atoms with van der Waals surface area (Å²) in [4.78, 5) is 10.4. The summed E-state index contributed by atoms with van der Waals surface area (Å²) in [5.74, 6) is 1.52. The van der Waals surface area contributed by atoms with Crippen LogP contribution >= 0.6 is 27.5 Å². The van der Waals surface area contributed by atoms with Gasteiger partial charge >= 0.3 is 0 Å². The molecule has 1 heterocycles. The maximum atomic E-state index is 5.96. The average molecular weight is 307 g/mol. The van der Waals surface area contributed by atoms with Crippen molar-refractivity contribution in [3.63, 3.8) is 0 Å². The van der Waals surface area contributed by atoms with E-state index in [4.69, 9.17) is 11.6 Å². The van der Waals surface area contributed by atoms with Gasteiger partial charge in [-0.3, -0.25) is 0 Å². The molecule has 1 unspecified atom stereocenters. The Morgan fingerprint density at radius 1 is 1.44 bits per heavy atom. The molecule has 0 aliphatic carbocycles. The van der Waals surface area contributed by atoms with Crippen LogP contribution in [0.25, 0.3) is 0 Å². The summed E-state index contributed by atoms with van der Waals surface area (Å²) in [6.07, 6.45) is 2.66. The Balaban J connectivity index is 2.90. The minimum absolute atomic E-state index is 0.465. The highest BCUT2D eigenvalue weighted by Gasteiger charge is 2.14. The van der Waals surface area contributed by atoms with Crippen LogP contribution in [0.2, 0.25) is 5.15 Å². The molecule has 1 aromatic heterocycles. The molecule has 0 N–H and O–H groups in total. The first kappa shape index (κ1) is 13.7. The van der Waals surface area contributed by atoms with Crippen LogP contribution < -0.4 is 4.90 Å². The predicted molar refractivity (Wildman–Crippen MR) is 72.1 cm³/mol. The molecule has 0 spiro atoms. The van der Waals surface area contributed by atoms with E-state index in [9.17, 15) is 0 Å². The van der Waals surface area contributed by atoms with Crippen LogP contribution in [0.15, 0.2) is 10.8 Å². The normalized spacial score (nSPS) is 12.6. The van der Waals surface area contributed by atoms with Crippen LogP contribution in [0, 0.1) is 5.92 Å². The third kappa shape index (κ3) is 3.32. The topological polar surface area (TPSA) is 29.0 Å². The molecule has 0 aromatic carbocycles. The van der Waals surface area contributed by atoms with Gasteiger partial charge in [0.05, 0.1) is 4.47 Å². The number of hydrogen-bond acceptors (Lipinski definition) is 3. The van der Waals surface area contributed by atoms with Crippen molar-refractivity contribution in [2.24, 2.45) is 5.92 Å². The molecule has 0 saturated heterocycles. The second kappa shape index (κ2) is 6.40. The van der Waals surface area contributed by atoms with E-state index >= 15 is 0 Å². The second-order valence-electron chi connectivity index (χ2n) is 3.85. The van der Waals surface area contributed by atoms with Crippen molar-refractivity contribution in [3.8, 4) is 0 Å². The first-order chi connectivity index (χ1) is 7.60. The summed E-state index contributed by atoms with van der Waals surface area (Å²) in [6, 6.07) is 0. The highest BCUT2D eigenvalue weighted by atomic mass is 79.9. The maximum Gasteiger partial charge on any atom is 0.148 e. The van der Waals surface area contributed by atoms with Crippen molar-refractivity contribution in [1.82, 2.24) is 9.97 Å². The van der Waals surface area contributed by atoms with Crippen LogP contribution in [-0.4, -0.2) is 23.1 Å². The van der Waals surface area contributed by atoms with Crippen LogP contribution in [0.3, 0.4) is 0 Å². The Morgan fingerprint density at radius 2 is 2.12 bits per heavy atom. The predicted octanol–water partition coefficient (Wildman–Crippen LogP) is 3.76. The van der Waals surface area contributed by atoms with Gasteiger partial charge in [-0.25, -0.2) is 9.97 Å². The zero-order valence-corrected chi connectivity index (χ0v) is 12.2. The molecule has 0 saturated carbocycles. The Kier molecular flexibility index (Phi) is 5.49. The summed E-state index contributed by atoms with van der Waals surface area (Å²) in [6.45, 7) is 8.44. The Morgan fingerprint density at radius 3 is 2.69 bits per heavy atom. The van der Waals surface area contributed by atoms with Crippen molar-refractivity contribution in [3.05, 3.63) is 16.0 Å². The monoisotopic (exact) mass is 305 g/mol. The lowest BCUT2D eigenvalue weighted by atomic mass is 10.1. The van der Waals surface area contributed by atoms with Crippen molar-refractivity contribution < 1.29 is 0 Å². The standard InChI is InChI=1S/C11H17BrClN3/c1-4-8(3)6-16(5-2)11-9(12)10(13)14-7-15-11/h7-8H,4-6H2,1-3H3. The molecule has 0 radical (unpaired) electrons. The highest BCUT2D eigenvalue weighted by molar-refractivity contribution is 9.10. The summed E-state index contributed by atoms with van der Waals surface area (Å²) in [5.41, 5.74) is 0. The number of halogens is 2. The molecule has 5 heteroatoms. The van der Waals surface area contributed by atoms with Crippen LogP contribution in [0.5, 0.6) is 0 Å². The van der Waals surface area contributed by atoms with E-state index < -0.39 is 0 Å². The lowest BCUT2D eigenvalue weighted by Crippen LogP contribution is -2.29. The first-order valence-corrected chi connectivity index (χ1v) is 6.68. The molecule has 3 nitrogen and oxygen atoms in total. The van der Waals surface area contributed by atoms with Gasteiger partial charge in [-0.15, -0.1) is 0 Å². The highest BCUT2D eigenvalue weighted by Crippen LogP contribution is 2.29. The van der Waals surface area contributed by atoms with E-state index in [2.05, 4.69) is 51.6 Å². The quantitative estimate of drug-likeness (QED) is 0.776. The van der Waals surface area contributed by atoms with Gasteiger partial charge in [-0.05, 0) is 28.8 Å². The lowest BCUT2D eigenvalue weighted by molar-refractivity contribution is 0.545. The fraction of sp³-hybridized carbons (Fsp3) is 0.636. The Bertz CT molecular complexity index is 346. The van der Waals surface area contributed by atoms with E-state index in [0.29, 0.717) is 11.1 Å². The number of aromatic nitrogens is 2. The van der Waals surface area contributed by atoms with Gasteiger partial charge in [0.15, 0.2) is 0 Å². The molecule has 0 fully saturated rings. The van der Waals surface area contributed by atoms with Crippen LogP contribution in [0.1, 0.15) is 27.2 Å². The fourth-order valence-electron chi connectivity index (χ4n) is 1.43. The van der Waals surface area contributed by atoms with Crippen molar-refractivity contribution in [2.75, 3.05) is 18.0 Å². The summed E-state index contributed by atoms with van der Waals surface area (Å²) in [7, 11) is 0. The van der Waals surface area contributed by atoms with E-state index in [1.165, 1.54) is 6.33 Å². The number of anilines is 1. The van der Waals surface area contributed by atoms with E-state index in [0.717, 1.165) is 29.8 Å². The molecule has 1 rings (SSSR count). The zero-order chi connectivity index (χ0) is 12.1. The van der Waals surface area contributed by atoms with Gasteiger partial charge in [0, 0.05) is 13.1 Å². The summed E-state index contributed by atoms with van der Waals surface area (Å²) < 4.78 is 0.779. The molecule has 16 heavy (non-hydrogen) atoms. The van der Waals surface area contributed by atoms with E-state index in [1.807, 2.05) is 0 Å². The van der Waals surface area contributed by atoms with Gasteiger partial charge in [-0.1, -0.05) is 31.9 Å². The van der Waals surface area contributed by atoms with Crippen molar-refractivity contribution in [1.29, 1.82) is 0 Å². The third-order valence-corrected chi connectivity index (χ3v) is 3.88. The molecule has 0 bridgehead atoms. The molecular formula is C11H17BrClN3. The molecule has 0 aliphatic heterocycles. The minimum Gasteiger partial charge on any atom is -0.356 e. The van der Waals surface area contributed by atoms with Gasteiger partial charge in [-0.2, -0.15) is 0 Å². The lowest BCUT2D eigenvalue weighted by Gasteiger charge is -2.25. The van der Waals surface area contributed by atoms with Gasteiger partial charge < -0.3 is 4.90 Å². The minimum atomic E-state index is 0.465. The number of nitrogens with zero attached hydrogens (tertiary/aromatic N) is 3. The average Bonchev–Trinajstić information content (AvgIpc) is 2.29. The summed E-state index contributed by atoms with van der Waals surface area (Å²) >= 11 is 9.40. The number of rotatable bonds is 5. The Hall–Kier alpha value is -0.350. The Labute approximate surface area is 110 Å².